The van der Waals surface area contributed by atoms with Gasteiger partial charge in [0.1, 0.15) is 12.4 Å². The van der Waals surface area contributed by atoms with E-state index in [9.17, 15) is 26.3 Å². The Morgan fingerprint density at radius 2 is 1.93 bits per heavy atom. The molecule has 10 heteroatoms. The third-order valence-electron chi connectivity index (χ3n) is 4.42. The van der Waals surface area contributed by atoms with Gasteiger partial charge in [-0.3, -0.25) is 0 Å². The molecule has 27 heavy (non-hydrogen) atoms. The first-order valence-corrected chi connectivity index (χ1v) is 8.44. The summed E-state index contributed by atoms with van der Waals surface area (Å²) in [7, 11) is 0. The highest BCUT2D eigenvalue weighted by Crippen LogP contribution is 2.35. The fourth-order valence-electron chi connectivity index (χ4n) is 3.19. The minimum atomic E-state index is -4.42. The quantitative estimate of drug-likeness (QED) is 0.612. The molecule has 3 rings (SSSR count). The van der Waals surface area contributed by atoms with E-state index >= 15 is 0 Å². The third-order valence-corrected chi connectivity index (χ3v) is 4.42. The normalized spacial score (nSPS) is 20.7. The van der Waals surface area contributed by atoms with Crippen molar-refractivity contribution < 1.29 is 31.1 Å². The van der Waals surface area contributed by atoms with Gasteiger partial charge in [-0.25, -0.2) is 5.01 Å². The van der Waals surface area contributed by atoms with Crippen molar-refractivity contribution >= 4 is 0 Å². The molecule has 0 spiro atoms. The van der Waals surface area contributed by atoms with Crippen LogP contribution in [0.3, 0.4) is 0 Å². The predicted molar refractivity (Wildman–Crippen MR) is 85.9 cm³/mol. The van der Waals surface area contributed by atoms with Crippen LogP contribution in [0, 0.1) is 0 Å². The predicted octanol–water partition coefficient (Wildman–Crippen LogP) is 3.21. The number of rotatable bonds is 5. The molecule has 0 saturated carbocycles. The molecule has 0 radical (unpaired) electrons. The summed E-state index contributed by atoms with van der Waals surface area (Å²) in [6, 6.07) is 3.19. The van der Waals surface area contributed by atoms with E-state index in [2.05, 4.69) is 5.32 Å². The monoisotopic (exact) mass is 395 g/mol. The van der Waals surface area contributed by atoms with E-state index in [0.29, 0.717) is 30.8 Å². The van der Waals surface area contributed by atoms with Gasteiger partial charge in [-0.2, -0.15) is 26.3 Å². The average Bonchev–Trinajstić information content (AvgIpc) is 3.04. The number of fused-ring (bicyclic) bond motifs is 1. The lowest BCUT2D eigenvalue weighted by Gasteiger charge is -2.38. The second-order valence-corrected chi connectivity index (χ2v) is 6.46. The van der Waals surface area contributed by atoms with Gasteiger partial charge in [-0.05, 0) is 23.8 Å². The van der Waals surface area contributed by atoms with Gasteiger partial charge in [0.05, 0.1) is 18.2 Å². The number of alkyl halides is 6. The molecular weight excluding hydrogens is 376 g/mol. The van der Waals surface area contributed by atoms with Crippen molar-refractivity contribution in [2.45, 2.75) is 24.8 Å². The van der Waals surface area contributed by atoms with E-state index < -0.39 is 24.5 Å². The van der Waals surface area contributed by atoms with Crippen LogP contribution < -0.4 is 10.1 Å². The van der Waals surface area contributed by atoms with Crippen molar-refractivity contribution in [2.24, 2.45) is 0 Å². The third kappa shape index (κ3) is 5.07. The number of benzene rings is 1. The van der Waals surface area contributed by atoms with Gasteiger partial charge in [0.25, 0.3) is 0 Å². The Morgan fingerprint density at radius 1 is 1.15 bits per heavy atom. The molecule has 2 heterocycles. The number of halogens is 6. The number of ether oxygens (including phenoxy) is 1. The van der Waals surface area contributed by atoms with Crippen LogP contribution in [-0.4, -0.2) is 55.0 Å². The smallest absolute Gasteiger partial charge is 0.416 e. The van der Waals surface area contributed by atoms with E-state index in [1.54, 1.807) is 6.20 Å². The van der Waals surface area contributed by atoms with Gasteiger partial charge in [-0.15, -0.1) is 0 Å². The maximum Gasteiger partial charge on any atom is 0.416 e. The summed E-state index contributed by atoms with van der Waals surface area (Å²) in [4.78, 5) is 0. The second-order valence-electron chi connectivity index (χ2n) is 6.46. The summed E-state index contributed by atoms with van der Waals surface area (Å²) in [6.07, 6.45) is -4.69. The van der Waals surface area contributed by atoms with Crippen molar-refractivity contribution in [3.05, 3.63) is 41.6 Å². The van der Waals surface area contributed by atoms with Crippen molar-refractivity contribution in [3.8, 4) is 5.75 Å². The van der Waals surface area contributed by atoms with Crippen LogP contribution in [0.5, 0.6) is 5.75 Å². The number of nitrogens with one attached hydrogen (secondary N) is 1. The molecular formula is C17H19F6N3O. The van der Waals surface area contributed by atoms with E-state index in [1.807, 2.05) is 16.1 Å². The van der Waals surface area contributed by atoms with E-state index in [-0.39, 0.29) is 19.2 Å². The zero-order valence-corrected chi connectivity index (χ0v) is 14.3. The Labute approximate surface area is 152 Å². The van der Waals surface area contributed by atoms with Gasteiger partial charge in [0.2, 0.25) is 0 Å². The molecule has 0 aromatic heterocycles. The van der Waals surface area contributed by atoms with Gasteiger partial charge in [0, 0.05) is 32.3 Å². The summed E-state index contributed by atoms with van der Waals surface area (Å²) >= 11 is 0. The Bertz CT molecular complexity index is 688. The van der Waals surface area contributed by atoms with E-state index in [0.717, 1.165) is 12.1 Å². The molecule has 1 aromatic rings. The minimum absolute atomic E-state index is 0.139. The van der Waals surface area contributed by atoms with Crippen molar-refractivity contribution in [1.29, 1.82) is 0 Å². The van der Waals surface area contributed by atoms with Crippen LogP contribution in [0.25, 0.3) is 0 Å². The fourth-order valence-corrected chi connectivity index (χ4v) is 3.19. The molecule has 1 aromatic carbocycles. The Balaban J connectivity index is 1.61. The highest BCUT2D eigenvalue weighted by Gasteiger charge is 2.34. The highest BCUT2D eigenvalue weighted by molar-refractivity contribution is 5.40. The standard InChI is InChI=1S/C17H19F6N3O/c18-16(19,20)11-24-4-7-25-5-1-6-26(25)14-9-12-8-13(17(21,22)23)2-3-15(12)27-10-14/h1-3,6,8,14,24H,4-5,7,9-11H2/t14-/m1/s1. The summed E-state index contributed by atoms with van der Waals surface area (Å²) in [5.74, 6) is 0.431. The summed E-state index contributed by atoms with van der Waals surface area (Å²) in [6.45, 7) is 0.234. The Morgan fingerprint density at radius 3 is 2.63 bits per heavy atom. The van der Waals surface area contributed by atoms with Gasteiger partial charge >= 0.3 is 12.4 Å². The maximum absolute atomic E-state index is 12.9. The molecule has 1 N–H and O–H groups in total. The number of hydrazine groups is 1. The fraction of sp³-hybridized carbons (Fsp3) is 0.529. The van der Waals surface area contributed by atoms with Crippen molar-refractivity contribution in [3.63, 3.8) is 0 Å². The lowest BCUT2D eigenvalue weighted by atomic mass is 10.00. The molecule has 2 aliphatic heterocycles. The van der Waals surface area contributed by atoms with E-state index in [4.69, 9.17) is 4.74 Å². The first-order chi connectivity index (χ1) is 12.6. The number of nitrogens with zero attached hydrogens (tertiary/aromatic N) is 2. The van der Waals surface area contributed by atoms with Crippen LogP contribution >= 0.6 is 0 Å². The zero-order valence-electron chi connectivity index (χ0n) is 14.3. The van der Waals surface area contributed by atoms with Crippen LogP contribution in [0.2, 0.25) is 0 Å². The molecule has 2 aliphatic rings. The van der Waals surface area contributed by atoms with Gasteiger partial charge in [0.15, 0.2) is 0 Å². The topological polar surface area (TPSA) is 27.7 Å². The average molecular weight is 395 g/mol. The molecule has 0 saturated heterocycles. The minimum Gasteiger partial charge on any atom is -0.491 e. The molecule has 0 unspecified atom stereocenters. The van der Waals surface area contributed by atoms with Crippen LogP contribution in [-0.2, 0) is 12.6 Å². The lowest BCUT2D eigenvalue weighted by molar-refractivity contribution is -0.137. The second kappa shape index (κ2) is 7.59. The SMILES string of the molecule is FC(F)(F)CNCCN1CC=CN1[C@H]1COc2ccc(C(F)(F)F)cc2C1. The molecule has 0 fully saturated rings. The van der Waals surface area contributed by atoms with Crippen LogP contribution in [0.1, 0.15) is 11.1 Å². The zero-order chi connectivity index (χ0) is 19.7. The Kier molecular flexibility index (Phi) is 5.57. The highest BCUT2D eigenvalue weighted by atomic mass is 19.4. The summed E-state index contributed by atoms with van der Waals surface area (Å²) < 4.78 is 80.9. The van der Waals surface area contributed by atoms with Crippen molar-refractivity contribution in [1.82, 2.24) is 15.3 Å². The summed E-state index contributed by atoms with van der Waals surface area (Å²) in [5, 5.41) is 6.01. The van der Waals surface area contributed by atoms with Gasteiger partial charge in [-0.1, -0.05) is 6.08 Å². The largest absolute Gasteiger partial charge is 0.491 e. The molecule has 150 valence electrons. The van der Waals surface area contributed by atoms with E-state index in [1.165, 1.54) is 6.07 Å². The molecule has 0 bridgehead atoms. The molecule has 1 atom stereocenters. The lowest BCUT2D eigenvalue weighted by Crippen LogP contribution is -2.49. The van der Waals surface area contributed by atoms with Crippen LogP contribution in [0.15, 0.2) is 30.5 Å². The first-order valence-electron chi connectivity index (χ1n) is 8.44. The number of hydrogen-bond donors (Lipinski definition) is 1. The number of hydrogen-bond acceptors (Lipinski definition) is 4. The first kappa shape index (κ1) is 19.8. The van der Waals surface area contributed by atoms with Crippen molar-refractivity contribution in [2.75, 3.05) is 32.8 Å². The maximum atomic E-state index is 12.9. The Hall–Kier alpha value is -1.94. The molecule has 0 amide bonds. The van der Waals surface area contributed by atoms with Gasteiger partial charge < -0.3 is 15.1 Å². The van der Waals surface area contributed by atoms with Crippen LogP contribution in [0.4, 0.5) is 26.3 Å². The summed E-state index contributed by atoms with van der Waals surface area (Å²) in [5.41, 5.74) is -0.257. The molecule has 0 aliphatic carbocycles. The molecule has 4 nitrogen and oxygen atoms in total.